The molecule has 0 saturated carbocycles. The van der Waals surface area contributed by atoms with Gasteiger partial charge in [-0.25, -0.2) is 0 Å². The lowest BCUT2D eigenvalue weighted by Gasteiger charge is -2.36. The number of hydrogen-bond donors (Lipinski definition) is 2. The van der Waals surface area contributed by atoms with Gasteiger partial charge >= 0.3 is 0 Å². The van der Waals surface area contributed by atoms with Crippen molar-refractivity contribution in [2.75, 3.05) is 50.0 Å². The maximum absolute atomic E-state index is 12.5. The molecule has 0 aliphatic carbocycles. The van der Waals surface area contributed by atoms with Gasteiger partial charge in [-0.3, -0.25) is 19.5 Å². The second-order valence-electron chi connectivity index (χ2n) is 8.84. The number of anilines is 2. The summed E-state index contributed by atoms with van der Waals surface area (Å²) in [6, 6.07) is 11.8. The number of piperazine rings is 1. The number of nitrogens with zero attached hydrogens (tertiary/aromatic N) is 3. The Morgan fingerprint density at radius 1 is 1.18 bits per heavy atom. The molecule has 5 rings (SSSR count). The monoisotopic (exact) mass is 465 g/mol. The SMILES string of the molecule is CNC(=O)c1ccc(N2CCN(Cc3ccc4c(c3)NC(=O)C3CCCN=C43)CC2)c(Cl)c1. The van der Waals surface area contributed by atoms with Crippen molar-refractivity contribution >= 4 is 40.5 Å². The molecule has 3 aliphatic heterocycles. The molecule has 3 aliphatic rings. The molecule has 1 unspecified atom stereocenters. The number of benzene rings is 2. The Morgan fingerprint density at radius 3 is 2.76 bits per heavy atom. The van der Waals surface area contributed by atoms with E-state index in [2.05, 4.69) is 43.6 Å². The van der Waals surface area contributed by atoms with Crippen molar-refractivity contribution in [2.45, 2.75) is 19.4 Å². The fourth-order valence-electron chi connectivity index (χ4n) is 4.96. The summed E-state index contributed by atoms with van der Waals surface area (Å²) in [5.74, 6) is -0.158. The molecule has 1 atom stereocenters. The highest BCUT2D eigenvalue weighted by molar-refractivity contribution is 6.33. The summed E-state index contributed by atoms with van der Waals surface area (Å²) in [6.07, 6.45) is 1.86. The average Bonchev–Trinajstić information content (AvgIpc) is 2.84. The van der Waals surface area contributed by atoms with Crippen molar-refractivity contribution < 1.29 is 9.59 Å². The first-order valence-electron chi connectivity index (χ1n) is 11.5. The summed E-state index contributed by atoms with van der Waals surface area (Å²) in [6.45, 7) is 5.18. The van der Waals surface area contributed by atoms with Crippen LogP contribution in [-0.4, -0.2) is 62.2 Å². The third kappa shape index (κ3) is 4.35. The number of rotatable bonds is 4. The highest BCUT2D eigenvalue weighted by Crippen LogP contribution is 2.32. The molecule has 0 radical (unpaired) electrons. The van der Waals surface area contributed by atoms with Crippen LogP contribution in [0.5, 0.6) is 0 Å². The van der Waals surface area contributed by atoms with Crippen molar-refractivity contribution in [1.29, 1.82) is 0 Å². The summed E-state index contributed by atoms with van der Waals surface area (Å²) < 4.78 is 0. The molecule has 0 bridgehead atoms. The van der Waals surface area contributed by atoms with Gasteiger partial charge in [0.2, 0.25) is 5.91 Å². The van der Waals surface area contributed by atoms with Crippen LogP contribution in [0.25, 0.3) is 0 Å². The van der Waals surface area contributed by atoms with Gasteiger partial charge in [0, 0.05) is 57.4 Å². The zero-order chi connectivity index (χ0) is 22.9. The Hall–Kier alpha value is -2.90. The van der Waals surface area contributed by atoms with E-state index < -0.39 is 0 Å². The number of hydrogen-bond acceptors (Lipinski definition) is 5. The summed E-state index contributed by atoms with van der Waals surface area (Å²) in [7, 11) is 1.61. The van der Waals surface area contributed by atoms with Gasteiger partial charge in [-0.1, -0.05) is 23.7 Å². The number of halogens is 1. The summed E-state index contributed by atoms with van der Waals surface area (Å²) in [5.41, 5.74) is 5.63. The van der Waals surface area contributed by atoms with E-state index in [9.17, 15) is 9.59 Å². The highest BCUT2D eigenvalue weighted by atomic mass is 35.5. The van der Waals surface area contributed by atoms with Gasteiger partial charge in [-0.05, 0) is 42.7 Å². The van der Waals surface area contributed by atoms with Crippen LogP contribution in [0.3, 0.4) is 0 Å². The lowest BCUT2D eigenvalue weighted by molar-refractivity contribution is -0.118. The first-order valence-corrected chi connectivity index (χ1v) is 11.9. The Balaban J connectivity index is 1.23. The zero-order valence-electron chi connectivity index (χ0n) is 18.7. The highest BCUT2D eigenvalue weighted by Gasteiger charge is 2.33. The van der Waals surface area contributed by atoms with Crippen molar-refractivity contribution in [1.82, 2.24) is 10.2 Å². The number of carbonyl (C=O) groups is 2. The quantitative estimate of drug-likeness (QED) is 0.727. The second kappa shape index (κ2) is 9.15. The largest absolute Gasteiger partial charge is 0.368 e. The lowest BCUT2D eigenvalue weighted by Crippen LogP contribution is -2.46. The van der Waals surface area contributed by atoms with Gasteiger partial charge in [-0.15, -0.1) is 0 Å². The molecular formula is C25H28ClN5O2. The van der Waals surface area contributed by atoms with E-state index in [4.69, 9.17) is 11.6 Å². The van der Waals surface area contributed by atoms with Gasteiger partial charge < -0.3 is 15.5 Å². The lowest BCUT2D eigenvalue weighted by atomic mass is 9.85. The molecule has 0 aromatic heterocycles. The third-order valence-corrected chi connectivity index (χ3v) is 7.06. The van der Waals surface area contributed by atoms with Gasteiger partial charge in [0.1, 0.15) is 0 Å². The molecular weight excluding hydrogens is 438 g/mol. The molecule has 2 aromatic rings. The van der Waals surface area contributed by atoms with Crippen LogP contribution in [0.4, 0.5) is 11.4 Å². The molecule has 8 heteroatoms. The van der Waals surface area contributed by atoms with Gasteiger partial charge in [0.15, 0.2) is 0 Å². The van der Waals surface area contributed by atoms with E-state index >= 15 is 0 Å². The number of carbonyl (C=O) groups excluding carboxylic acids is 2. The van der Waals surface area contributed by atoms with Crippen LogP contribution in [0.1, 0.15) is 34.3 Å². The Labute approximate surface area is 198 Å². The normalized spacial score (nSPS) is 20.4. The number of amides is 2. The molecule has 1 fully saturated rings. The molecule has 1 saturated heterocycles. The van der Waals surface area contributed by atoms with Crippen molar-refractivity contribution in [3.8, 4) is 0 Å². The van der Waals surface area contributed by atoms with Gasteiger partial charge in [0.25, 0.3) is 5.91 Å². The van der Waals surface area contributed by atoms with Gasteiger partial charge in [-0.2, -0.15) is 0 Å². The first kappa shape index (κ1) is 21.9. The fraction of sp³-hybridized carbons (Fsp3) is 0.400. The van der Waals surface area contributed by atoms with Crippen molar-refractivity contribution in [3.63, 3.8) is 0 Å². The minimum atomic E-state index is -0.138. The smallest absolute Gasteiger partial charge is 0.251 e. The summed E-state index contributed by atoms with van der Waals surface area (Å²) in [5, 5.41) is 6.32. The number of aliphatic imine (C=N–C) groups is 1. The summed E-state index contributed by atoms with van der Waals surface area (Å²) in [4.78, 5) is 33.7. The van der Waals surface area contributed by atoms with E-state index in [0.29, 0.717) is 10.6 Å². The van der Waals surface area contributed by atoms with Crippen molar-refractivity contribution in [3.05, 3.63) is 58.1 Å². The molecule has 172 valence electrons. The van der Waals surface area contributed by atoms with Crippen LogP contribution < -0.4 is 15.5 Å². The van der Waals surface area contributed by atoms with E-state index in [1.165, 1.54) is 5.56 Å². The topological polar surface area (TPSA) is 77.0 Å². The Kier molecular flexibility index (Phi) is 6.08. The third-order valence-electron chi connectivity index (χ3n) is 6.75. The van der Waals surface area contributed by atoms with Crippen molar-refractivity contribution in [2.24, 2.45) is 10.9 Å². The minimum absolute atomic E-state index is 0.0750. The van der Waals surface area contributed by atoms with E-state index in [0.717, 1.165) is 74.8 Å². The second-order valence-corrected chi connectivity index (χ2v) is 9.25. The Morgan fingerprint density at radius 2 is 2.00 bits per heavy atom. The fourth-order valence-corrected chi connectivity index (χ4v) is 5.26. The van der Waals surface area contributed by atoms with Gasteiger partial charge in [0.05, 0.1) is 28.0 Å². The van der Waals surface area contributed by atoms with E-state index in [1.807, 2.05) is 12.1 Å². The molecule has 0 spiro atoms. The number of fused-ring (bicyclic) bond motifs is 3. The molecule has 2 aromatic carbocycles. The van der Waals surface area contributed by atoms with Crippen LogP contribution in [0, 0.1) is 5.92 Å². The molecule has 2 N–H and O–H groups in total. The predicted octanol–water partition coefficient (Wildman–Crippen LogP) is 3.17. The minimum Gasteiger partial charge on any atom is -0.368 e. The first-order chi connectivity index (χ1) is 16.0. The molecule has 2 amide bonds. The van der Waals surface area contributed by atoms with Crippen LogP contribution in [-0.2, 0) is 11.3 Å². The predicted molar refractivity (Wildman–Crippen MR) is 132 cm³/mol. The van der Waals surface area contributed by atoms with Crippen LogP contribution in [0.15, 0.2) is 41.4 Å². The maximum atomic E-state index is 12.5. The molecule has 33 heavy (non-hydrogen) atoms. The Bertz CT molecular complexity index is 1120. The van der Waals surface area contributed by atoms with Crippen LogP contribution >= 0.6 is 11.6 Å². The van der Waals surface area contributed by atoms with E-state index in [1.54, 1.807) is 13.1 Å². The molecule has 7 nitrogen and oxygen atoms in total. The molecule has 3 heterocycles. The number of nitrogens with one attached hydrogen (secondary N) is 2. The van der Waals surface area contributed by atoms with Crippen LogP contribution in [0.2, 0.25) is 5.02 Å². The maximum Gasteiger partial charge on any atom is 0.251 e. The summed E-state index contributed by atoms with van der Waals surface area (Å²) >= 11 is 6.48. The zero-order valence-corrected chi connectivity index (χ0v) is 19.5. The van der Waals surface area contributed by atoms with E-state index in [-0.39, 0.29) is 17.7 Å². The average molecular weight is 466 g/mol. The standard InChI is InChI=1S/C25H28ClN5O2/c1-27-24(32)17-5-7-22(20(26)14-17)31-11-9-30(10-12-31)15-16-4-6-18-21(13-16)29-25(33)19-3-2-8-28-23(18)19/h4-7,13-14,19H,2-3,8-12,15H2,1H3,(H,27,32)(H,29,33).